The fraction of sp³-hybridized carbons (Fsp3) is 0.474. The topological polar surface area (TPSA) is 114 Å². The van der Waals surface area contributed by atoms with Gasteiger partial charge in [-0.3, -0.25) is 29.0 Å². The Kier molecular flexibility index (Phi) is 7.80. The molecule has 9 heteroatoms. The van der Waals surface area contributed by atoms with Crippen molar-refractivity contribution in [1.29, 1.82) is 0 Å². The van der Waals surface area contributed by atoms with Crippen molar-refractivity contribution >= 4 is 29.0 Å². The average Bonchev–Trinajstić information content (AvgIpc) is 2.66. The van der Waals surface area contributed by atoms with Gasteiger partial charge in [0.15, 0.2) is 5.69 Å². The second-order valence-electron chi connectivity index (χ2n) is 6.52. The van der Waals surface area contributed by atoms with Crippen molar-refractivity contribution in [3.8, 4) is 0 Å². The number of unbranched alkanes of at least 4 members (excludes halogenated alkanes) is 3. The van der Waals surface area contributed by atoms with Gasteiger partial charge in [0.2, 0.25) is 0 Å². The molecule has 28 heavy (non-hydrogen) atoms. The lowest BCUT2D eigenvalue weighted by Gasteiger charge is -2.24. The fourth-order valence-corrected chi connectivity index (χ4v) is 3.03. The largest absolute Gasteiger partial charge is 0.383 e. The van der Waals surface area contributed by atoms with Crippen LogP contribution in [0.1, 0.15) is 56.4 Å². The number of hydrogen-bond donors (Lipinski definition) is 2. The number of aromatic amines is 1. The molecule has 0 fully saturated rings. The van der Waals surface area contributed by atoms with E-state index in [1.54, 1.807) is 6.07 Å². The molecule has 0 aliphatic rings. The zero-order valence-corrected chi connectivity index (χ0v) is 17.0. The van der Waals surface area contributed by atoms with Gasteiger partial charge in [-0.1, -0.05) is 44.7 Å². The molecule has 2 aromatic rings. The van der Waals surface area contributed by atoms with Crippen LogP contribution in [0.2, 0.25) is 5.02 Å². The second kappa shape index (κ2) is 10.1. The average molecular weight is 408 g/mol. The van der Waals surface area contributed by atoms with Crippen molar-refractivity contribution in [1.82, 2.24) is 14.5 Å². The van der Waals surface area contributed by atoms with E-state index in [9.17, 15) is 14.4 Å². The van der Waals surface area contributed by atoms with Gasteiger partial charge in [0.05, 0.1) is 0 Å². The van der Waals surface area contributed by atoms with Crippen LogP contribution in [0.3, 0.4) is 0 Å². The lowest BCUT2D eigenvalue weighted by atomic mass is 10.2. The number of nitrogens with two attached hydrogens (primary N) is 1. The summed E-state index contributed by atoms with van der Waals surface area (Å²) >= 11 is 5.98. The first kappa shape index (κ1) is 21.7. The van der Waals surface area contributed by atoms with E-state index in [0.717, 1.165) is 25.7 Å². The number of carbonyl (C=O) groups is 1. The number of anilines is 2. The van der Waals surface area contributed by atoms with E-state index in [0.29, 0.717) is 18.0 Å². The van der Waals surface area contributed by atoms with Gasteiger partial charge in [0.1, 0.15) is 11.5 Å². The predicted molar refractivity (Wildman–Crippen MR) is 111 cm³/mol. The molecular formula is C19H26ClN5O3. The number of nitrogens with one attached hydrogen (secondary N) is 1. The summed E-state index contributed by atoms with van der Waals surface area (Å²) in [6, 6.07) is 3.00. The normalized spacial score (nSPS) is 10.8. The lowest BCUT2D eigenvalue weighted by Crippen LogP contribution is -2.42. The van der Waals surface area contributed by atoms with E-state index < -0.39 is 17.2 Å². The van der Waals surface area contributed by atoms with Gasteiger partial charge < -0.3 is 5.73 Å². The first-order valence-electron chi connectivity index (χ1n) is 9.46. The molecule has 0 spiro atoms. The Morgan fingerprint density at radius 2 is 1.96 bits per heavy atom. The maximum Gasteiger partial charge on any atom is 0.330 e. The molecule has 2 rings (SSSR count). The lowest BCUT2D eigenvalue weighted by molar-refractivity contribution is 0.0981. The predicted octanol–water partition coefficient (Wildman–Crippen LogP) is 2.80. The van der Waals surface area contributed by atoms with Crippen LogP contribution in [-0.2, 0) is 6.54 Å². The van der Waals surface area contributed by atoms with Crippen LogP contribution in [-0.4, -0.2) is 27.0 Å². The zero-order valence-electron chi connectivity index (χ0n) is 16.2. The molecule has 2 heterocycles. The molecular weight excluding hydrogens is 382 g/mol. The molecule has 152 valence electrons. The summed E-state index contributed by atoms with van der Waals surface area (Å²) in [7, 11) is 0. The number of nitrogen functional groups attached to an aromatic ring is 1. The van der Waals surface area contributed by atoms with Crippen LogP contribution in [0.4, 0.5) is 11.5 Å². The van der Waals surface area contributed by atoms with E-state index in [1.165, 1.54) is 21.7 Å². The Labute approximate surface area is 168 Å². The SMILES string of the molecule is CCCCCN(C(=O)c1cc(Cl)ccn1)c1c(N)n(CCCC)c(=O)[nH]c1=O. The molecule has 0 aliphatic carbocycles. The molecule has 0 unspecified atom stereocenters. The van der Waals surface area contributed by atoms with Gasteiger partial charge in [-0.05, 0) is 25.0 Å². The van der Waals surface area contributed by atoms with E-state index in [-0.39, 0.29) is 23.7 Å². The monoisotopic (exact) mass is 407 g/mol. The van der Waals surface area contributed by atoms with Crippen LogP contribution in [0.25, 0.3) is 0 Å². The maximum atomic E-state index is 13.1. The first-order chi connectivity index (χ1) is 13.4. The molecule has 0 bridgehead atoms. The molecule has 0 radical (unpaired) electrons. The van der Waals surface area contributed by atoms with Crippen molar-refractivity contribution in [2.24, 2.45) is 0 Å². The summed E-state index contributed by atoms with van der Waals surface area (Å²) in [5.74, 6) is -0.509. The summed E-state index contributed by atoms with van der Waals surface area (Å²) in [5.41, 5.74) is 4.98. The van der Waals surface area contributed by atoms with Gasteiger partial charge in [0.25, 0.3) is 11.5 Å². The minimum absolute atomic E-state index is 0.0194. The Morgan fingerprint density at radius 3 is 2.61 bits per heavy atom. The van der Waals surface area contributed by atoms with Crippen LogP contribution >= 0.6 is 11.6 Å². The van der Waals surface area contributed by atoms with Crippen LogP contribution in [0.15, 0.2) is 27.9 Å². The minimum Gasteiger partial charge on any atom is -0.383 e. The third-order valence-electron chi connectivity index (χ3n) is 4.39. The number of nitrogens with zero attached hydrogens (tertiary/aromatic N) is 3. The van der Waals surface area contributed by atoms with Crippen molar-refractivity contribution in [2.45, 2.75) is 52.5 Å². The number of H-pyrrole nitrogens is 1. The van der Waals surface area contributed by atoms with Crippen molar-refractivity contribution < 1.29 is 4.79 Å². The highest BCUT2D eigenvalue weighted by molar-refractivity contribution is 6.31. The van der Waals surface area contributed by atoms with E-state index in [1.807, 2.05) is 13.8 Å². The molecule has 0 saturated carbocycles. The second-order valence-corrected chi connectivity index (χ2v) is 6.96. The standard InChI is InChI=1S/C19H26ClN5O3/c1-3-5-7-11-24(18(27)14-12-13(20)8-9-22-14)15-16(21)25(10-6-4-2)19(28)23-17(15)26/h8-9,12H,3-7,10-11,21H2,1-2H3,(H,23,26,28). The summed E-state index contributed by atoms with van der Waals surface area (Å²) in [4.78, 5) is 45.5. The molecule has 3 N–H and O–H groups in total. The van der Waals surface area contributed by atoms with Crippen molar-refractivity contribution in [3.05, 3.63) is 49.9 Å². The van der Waals surface area contributed by atoms with Gasteiger partial charge in [0, 0.05) is 24.3 Å². The Bertz CT molecular complexity index is 938. The fourth-order valence-electron chi connectivity index (χ4n) is 2.87. The molecule has 0 atom stereocenters. The van der Waals surface area contributed by atoms with Gasteiger partial charge in [-0.25, -0.2) is 4.79 Å². The number of hydrogen-bond acceptors (Lipinski definition) is 5. The van der Waals surface area contributed by atoms with Crippen LogP contribution in [0, 0.1) is 0 Å². The number of aromatic nitrogens is 3. The number of pyridine rings is 1. The van der Waals surface area contributed by atoms with Crippen molar-refractivity contribution in [2.75, 3.05) is 17.2 Å². The Morgan fingerprint density at radius 1 is 1.25 bits per heavy atom. The van der Waals surface area contributed by atoms with Crippen LogP contribution < -0.4 is 21.9 Å². The molecule has 0 aliphatic heterocycles. The van der Waals surface area contributed by atoms with Crippen LogP contribution in [0.5, 0.6) is 0 Å². The van der Waals surface area contributed by atoms with E-state index >= 15 is 0 Å². The molecule has 2 aromatic heterocycles. The molecule has 8 nitrogen and oxygen atoms in total. The molecule has 0 aromatic carbocycles. The number of rotatable bonds is 9. The summed E-state index contributed by atoms with van der Waals surface area (Å²) < 4.78 is 1.30. The Hall–Kier alpha value is -2.61. The maximum absolute atomic E-state index is 13.1. The minimum atomic E-state index is -0.692. The summed E-state index contributed by atoms with van der Waals surface area (Å²) in [6.07, 6.45) is 5.49. The van der Waals surface area contributed by atoms with Crippen molar-refractivity contribution in [3.63, 3.8) is 0 Å². The third kappa shape index (κ3) is 5.01. The highest BCUT2D eigenvalue weighted by atomic mass is 35.5. The third-order valence-corrected chi connectivity index (χ3v) is 4.63. The number of amides is 1. The number of carbonyl (C=O) groups excluding carboxylic acids is 1. The van der Waals surface area contributed by atoms with Gasteiger partial charge >= 0.3 is 5.69 Å². The quantitative estimate of drug-likeness (QED) is 0.620. The van der Waals surface area contributed by atoms with Gasteiger partial charge in [-0.15, -0.1) is 0 Å². The molecule has 0 saturated heterocycles. The van der Waals surface area contributed by atoms with E-state index in [2.05, 4.69) is 9.97 Å². The first-order valence-corrected chi connectivity index (χ1v) is 9.84. The highest BCUT2D eigenvalue weighted by Crippen LogP contribution is 2.21. The number of halogens is 1. The summed E-state index contributed by atoms with van der Waals surface area (Å²) in [5, 5.41) is 0.363. The van der Waals surface area contributed by atoms with E-state index in [4.69, 9.17) is 17.3 Å². The zero-order chi connectivity index (χ0) is 20.7. The molecule has 1 amide bonds. The highest BCUT2D eigenvalue weighted by Gasteiger charge is 2.25. The Balaban J connectivity index is 2.55. The van der Waals surface area contributed by atoms with Gasteiger partial charge in [-0.2, -0.15) is 0 Å². The smallest absolute Gasteiger partial charge is 0.330 e. The summed E-state index contributed by atoms with van der Waals surface area (Å²) in [6.45, 7) is 4.66.